The lowest BCUT2D eigenvalue weighted by atomic mass is 10.2. The Morgan fingerprint density at radius 2 is 1.81 bits per heavy atom. The summed E-state index contributed by atoms with van der Waals surface area (Å²) in [5.41, 5.74) is 8.42. The van der Waals surface area contributed by atoms with E-state index in [1.54, 1.807) is 11.3 Å². The maximum absolute atomic E-state index is 12.4. The Bertz CT molecular complexity index is 633. The predicted octanol–water partition coefficient (Wildman–Crippen LogP) is 3.06. The van der Waals surface area contributed by atoms with Crippen LogP contribution in [0, 0.1) is 0 Å². The van der Waals surface area contributed by atoms with Crippen LogP contribution in [0.4, 0.5) is 11.4 Å². The number of rotatable bonds is 2. The summed E-state index contributed by atoms with van der Waals surface area (Å²) in [6.45, 7) is 3.19. The van der Waals surface area contributed by atoms with Crippen molar-refractivity contribution in [2.45, 2.75) is 0 Å². The number of piperazine rings is 1. The van der Waals surface area contributed by atoms with Gasteiger partial charge in [-0.25, -0.2) is 0 Å². The maximum Gasteiger partial charge on any atom is 0.254 e. The molecule has 1 saturated heterocycles. The Morgan fingerprint density at radius 1 is 1.14 bits per heavy atom. The highest BCUT2D eigenvalue weighted by Gasteiger charge is 2.22. The quantitative estimate of drug-likeness (QED) is 0.832. The molecule has 0 saturated carbocycles. The third-order valence-corrected chi connectivity index (χ3v) is 5.14. The van der Waals surface area contributed by atoms with Gasteiger partial charge in [-0.05, 0) is 46.3 Å². The van der Waals surface area contributed by atoms with E-state index in [0.717, 1.165) is 46.9 Å². The number of nitrogens with zero attached hydrogens (tertiary/aromatic N) is 2. The zero-order valence-corrected chi connectivity index (χ0v) is 13.9. The van der Waals surface area contributed by atoms with Crippen LogP contribution >= 0.6 is 27.3 Å². The van der Waals surface area contributed by atoms with Crippen LogP contribution in [0.3, 0.4) is 0 Å². The third kappa shape index (κ3) is 3.22. The number of carbonyl (C=O) groups is 1. The molecule has 1 fully saturated rings. The van der Waals surface area contributed by atoms with Crippen LogP contribution in [0.25, 0.3) is 0 Å². The summed E-state index contributed by atoms with van der Waals surface area (Å²) in [5.74, 6) is 0.119. The molecular formula is C15H16BrN3OS. The molecule has 0 unspecified atom stereocenters. The fourth-order valence-electron chi connectivity index (χ4n) is 2.46. The third-order valence-electron chi connectivity index (χ3n) is 3.64. The monoisotopic (exact) mass is 365 g/mol. The Hall–Kier alpha value is -1.53. The Kier molecular flexibility index (Phi) is 4.17. The van der Waals surface area contributed by atoms with Crippen LogP contribution in [-0.4, -0.2) is 37.0 Å². The van der Waals surface area contributed by atoms with Gasteiger partial charge in [0.1, 0.15) is 0 Å². The minimum absolute atomic E-state index is 0.119. The molecule has 1 aromatic carbocycles. The molecule has 1 aromatic heterocycles. The van der Waals surface area contributed by atoms with Crippen molar-refractivity contribution in [2.24, 2.45) is 0 Å². The second kappa shape index (κ2) is 6.07. The maximum atomic E-state index is 12.4. The summed E-state index contributed by atoms with van der Waals surface area (Å²) in [7, 11) is 0. The largest absolute Gasteiger partial charge is 0.399 e. The van der Waals surface area contributed by atoms with Crippen LogP contribution in [0.2, 0.25) is 0 Å². The molecule has 2 N–H and O–H groups in total. The number of thiophene rings is 1. The van der Waals surface area contributed by atoms with Gasteiger partial charge in [0, 0.05) is 42.9 Å². The van der Waals surface area contributed by atoms with Crippen LogP contribution < -0.4 is 10.6 Å². The van der Waals surface area contributed by atoms with Gasteiger partial charge in [-0.1, -0.05) is 0 Å². The first kappa shape index (κ1) is 14.4. The fraction of sp³-hybridized carbons (Fsp3) is 0.267. The van der Waals surface area contributed by atoms with Crippen LogP contribution in [0.15, 0.2) is 39.5 Å². The van der Waals surface area contributed by atoms with Gasteiger partial charge in [0.2, 0.25) is 0 Å². The van der Waals surface area contributed by atoms with Gasteiger partial charge in [0.05, 0.1) is 9.35 Å². The summed E-state index contributed by atoms with van der Waals surface area (Å²) in [5, 5.41) is 1.90. The molecule has 0 bridgehead atoms. The van der Waals surface area contributed by atoms with Crippen molar-refractivity contribution in [1.82, 2.24) is 4.90 Å². The molecule has 6 heteroatoms. The van der Waals surface area contributed by atoms with Crippen molar-refractivity contribution >= 4 is 44.5 Å². The molecule has 1 aliphatic heterocycles. The van der Waals surface area contributed by atoms with E-state index in [0.29, 0.717) is 0 Å². The average Bonchev–Trinajstić information content (AvgIpc) is 2.94. The molecule has 0 radical (unpaired) electrons. The highest BCUT2D eigenvalue weighted by atomic mass is 79.9. The Balaban J connectivity index is 1.62. The Labute approximate surface area is 136 Å². The summed E-state index contributed by atoms with van der Waals surface area (Å²) in [6, 6.07) is 9.77. The SMILES string of the molecule is Nc1ccc(N2CCN(C(=O)c3csc(Br)c3)CC2)cc1. The van der Waals surface area contributed by atoms with E-state index in [1.807, 2.05) is 40.6 Å². The second-order valence-electron chi connectivity index (χ2n) is 5.01. The number of nitrogen functional groups attached to an aromatic ring is 1. The van der Waals surface area contributed by atoms with Crippen LogP contribution in [0.5, 0.6) is 0 Å². The van der Waals surface area contributed by atoms with Crippen molar-refractivity contribution in [3.8, 4) is 0 Å². The molecule has 0 atom stereocenters. The van der Waals surface area contributed by atoms with E-state index in [4.69, 9.17) is 5.73 Å². The van der Waals surface area contributed by atoms with E-state index in [2.05, 4.69) is 20.8 Å². The summed E-state index contributed by atoms with van der Waals surface area (Å²) in [6.07, 6.45) is 0. The number of hydrogen-bond acceptors (Lipinski definition) is 4. The number of hydrogen-bond donors (Lipinski definition) is 1. The highest BCUT2D eigenvalue weighted by Crippen LogP contribution is 2.23. The molecule has 0 spiro atoms. The van der Waals surface area contributed by atoms with Gasteiger partial charge >= 0.3 is 0 Å². The average molecular weight is 366 g/mol. The molecule has 0 aliphatic carbocycles. The predicted molar refractivity (Wildman–Crippen MR) is 91.0 cm³/mol. The first-order valence-electron chi connectivity index (χ1n) is 6.77. The smallest absolute Gasteiger partial charge is 0.254 e. The lowest BCUT2D eigenvalue weighted by Crippen LogP contribution is -2.48. The molecule has 3 rings (SSSR count). The zero-order valence-electron chi connectivity index (χ0n) is 11.5. The number of carbonyl (C=O) groups excluding carboxylic acids is 1. The van der Waals surface area contributed by atoms with E-state index in [1.165, 1.54) is 0 Å². The second-order valence-corrected chi connectivity index (χ2v) is 7.30. The highest BCUT2D eigenvalue weighted by molar-refractivity contribution is 9.11. The first-order chi connectivity index (χ1) is 10.1. The summed E-state index contributed by atoms with van der Waals surface area (Å²) >= 11 is 4.94. The number of nitrogens with two attached hydrogens (primary N) is 1. The first-order valence-corrected chi connectivity index (χ1v) is 8.44. The van der Waals surface area contributed by atoms with Crippen molar-refractivity contribution in [1.29, 1.82) is 0 Å². The standard InChI is InChI=1S/C15H16BrN3OS/c16-14-9-11(10-21-14)15(20)19-7-5-18(6-8-19)13-3-1-12(17)2-4-13/h1-4,9-10H,5-8,17H2. The van der Waals surface area contributed by atoms with Crippen LogP contribution in [-0.2, 0) is 0 Å². The van der Waals surface area contributed by atoms with Gasteiger partial charge in [0.15, 0.2) is 0 Å². The van der Waals surface area contributed by atoms with E-state index < -0.39 is 0 Å². The summed E-state index contributed by atoms with van der Waals surface area (Å²) < 4.78 is 0.992. The number of halogens is 1. The van der Waals surface area contributed by atoms with Crippen molar-refractivity contribution in [3.05, 3.63) is 45.1 Å². The van der Waals surface area contributed by atoms with E-state index in [-0.39, 0.29) is 5.91 Å². The Morgan fingerprint density at radius 3 is 2.38 bits per heavy atom. The van der Waals surface area contributed by atoms with Crippen molar-refractivity contribution < 1.29 is 4.79 Å². The van der Waals surface area contributed by atoms with Gasteiger partial charge in [0.25, 0.3) is 5.91 Å². The molecular weight excluding hydrogens is 350 g/mol. The zero-order chi connectivity index (χ0) is 14.8. The normalized spacial score (nSPS) is 15.3. The fourth-order valence-corrected chi connectivity index (χ4v) is 3.59. The van der Waals surface area contributed by atoms with Gasteiger partial charge in [-0.15, -0.1) is 11.3 Å². The van der Waals surface area contributed by atoms with E-state index in [9.17, 15) is 4.79 Å². The lowest BCUT2D eigenvalue weighted by Gasteiger charge is -2.36. The molecule has 1 amide bonds. The van der Waals surface area contributed by atoms with Crippen LogP contribution in [0.1, 0.15) is 10.4 Å². The molecule has 110 valence electrons. The molecule has 21 heavy (non-hydrogen) atoms. The minimum Gasteiger partial charge on any atom is -0.399 e. The number of amides is 1. The van der Waals surface area contributed by atoms with Gasteiger partial charge in [-0.3, -0.25) is 4.79 Å². The molecule has 2 aromatic rings. The molecule has 2 heterocycles. The minimum atomic E-state index is 0.119. The van der Waals surface area contributed by atoms with Gasteiger partial charge < -0.3 is 15.5 Å². The lowest BCUT2D eigenvalue weighted by molar-refractivity contribution is 0.0747. The number of benzene rings is 1. The molecule has 4 nitrogen and oxygen atoms in total. The van der Waals surface area contributed by atoms with Crippen molar-refractivity contribution in [2.75, 3.05) is 36.8 Å². The molecule has 1 aliphatic rings. The van der Waals surface area contributed by atoms with Crippen molar-refractivity contribution in [3.63, 3.8) is 0 Å². The number of anilines is 2. The van der Waals surface area contributed by atoms with E-state index >= 15 is 0 Å². The summed E-state index contributed by atoms with van der Waals surface area (Å²) in [4.78, 5) is 16.6. The van der Waals surface area contributed by atoms with Gasteiger partial charge in [-0.2, -0.15) is 0 Å². The topological polar surface area (TPSA) is 49.6 Å².